The highest BCUT2D eigenvalue weighted by Crippen LogP contribution is 2.17. The van der Waals surface area contributed by atoms with Gasteiger partial charge in [-0.25, -0.2) is 4.98 Å². The smallest absolute Gasteiger partial charge is 0.229 e. The van der Waals surface area contributed by atoms with Crippen LogP contribution in [0.15, 0.2) is 24.3 Å². The number of fused-ring (bicyclic) bond motifs is 1. The topological polar surface area (TPSA) is 106 Å². The predicted octanol–water partition coefficient (Wildman–Crippen LogP) is 0.410. The average molecular weight is 299 g/mol. The summed E-state index contributed by atoms with van der Waals surface area (Å²) in [6.07, 6.45) is 0. The van der Waals surface area contributed by atoms with Crippen molar-refractivity contribution >= 4 is 22.9 Å². The van der Waals surface area contributed by atoms with Crippen molar-refractivity contribution < 1.29 is 5.11 Å². The molecule has 22 heavy (non-hydrogen) atoms. The van der Waals surface area contributed by atoms with Crippen LogP contribution < -0.4 is 10.6 Å². The number of nitrogens with zero attached hydrogens (tertiary/aromatic N) is 6. The van der Waals surface area contributed by atoms with Crippen LogP contribution in [-0.4, -0.2) is 43.7 Å². The highest BCUT2D eigenvalue weighted by Gasteiger charge is 2.13. The number of aliphatic hydroxyl groups is 1. The number of imidazole rings is 1. The van der Waals surface area contributed by atoms with Crippen molar-refractivity contribution in [1.82, 2.24) is 24.5 Å². The third-order valence-electron chi connectivity index (χ3n) is 3.26. The quantitative estimate of drug-likeness (QED) is 0.718. The maximum Gasteiger partial charge on any atom is 0.229 e. The van der Waals surface area contributed by atoms with Gasteiger partial charge in [-0.05, 0) is 12.1 Å². The minimum Gasteiger partial charge on any atom is -0.388 e. The molecule has 114 valence electrons. The SMILES string of the molecule is CN(C)c1nc(N)nc(Cn2c(CO)nc3ccccc32)n1. The summed E-state index contributed by atoms with van der Waals surface area (Å²) < 4.78 is 1.88. The second-order valence-corrected chi connectivity index (χ2v) is 5.07. The van der Waals surface area contributed by atoms with Gasteiger partial charge in [0.2, 0.25) is 11.9 Å². The maximum absolute atomic E-state index is 9.53. The minimum absolute atomic E-state index is 0.157. The van der Waals surface area contributed by atoms with E-state index >= 15 is 0 Å². The van der Waals surface area contributed by atoms with Gasteiger partial charge in [0.1, 0.15) is 12.4 Å². The second-order valence-electron chi connectivity index (χ2n) is 5.07. The summed E-state index contributed by atoms with van der Waals surface area (Å²) in [4.78, 5) is 18.8. The van der Waals surface area contributed by atoms with Crippen molar-refractivity contribution in [2.45, 2.75) is 13.2 Å². The molecule has 0 aliphatic carbocycles. The molecule has 0 amide bonds. The molecule has 0 aliphatic heterocycles. The van der Waals surface area contributed by atoms with Crippen molar-refractivity contribution in [2.75, 3.05) is 24.7 Å². The van der Waals surface area contributed by atoms with E-state index in [1.807, 2.05) is 42.9 Å². The van der Waals surface area contributed by atoms with E-state index in [1.165, 1.54) is 0 Å². The zero-order valence-corrected chi connectivity index (χ0v) is 12.4. The van der Waals surface area contributed by atoms with E-state index in [0.717, 1.165) is 11.0 Å². The molecular weight excluding hydrogens is 282 g/mol. The molecule has 0 aliphatic rings. The Morgan fingerprint density at radius 1 is 1.14 bits per heavy atom. The zero-order chi connectivity index (χ0) is 15.7. The number of para-hydroxylation sites is 2. The number of nitrogen functional groups attached to an aromatic ring is 1. The van der Waals surface area contributed by atoms with Gasteiger partial charge in [0.25, 0.3) is 0 Å². The highest BCUT2D eigenvalue weighted by atomic mass is 16.3. The zero-order valence-electron chi connectivity index (χ0n) is 12.4. The molecule has 0 fully saturated rings. The lowest BCUT2D eigenvalue weighted by Gasteiger charge is -2.12. The number of benzene rings is 1. The Morgan fingerprint density at radius 2 is 1.91 bits per heavy atom. The van der Waals surface area contributed by atoms with Crippen molar-refractivity contribution in [3.05, 3.63) is 35.9 Å². The van der Waals surface area contributed by atoms with Gasteiger partial charge in [-0.15, -0.1) is 0 Å². The number of aromatic nitrogens is 5. The van der Waals surface area contributed by atoms with Gasteiger partial charge in [0.05, 0.1) is 17.6 Å². The van der Waals surface area contributed by atoms with Gasteiger partial charge >= 0.3 is 0 Å². The summed E-state index contributed by atoms with van der Waals surface area (Å²) in [5, 5.41) is 9.53. The largest absolute Gasteiger partial charge is 0.388 e. The molecule has 0 saturated heterocycles. The standard InChI is InChI=1S/C14H17N7O/c1-20(2)14-18-11(17-13(15)19-14)7-21-10-6-4-3-5-9(10)16-12(21)8-22/h3-6,22H,7-8H2,1-2H3,(H2,15,17,18,19). The van der Waals surface area contributed by atoms with Gasteiger partial charge in [-0.3, -0.25) is 0 Å². The van der Waals surface area contributed by atoms with E-state index in [1.54, 1.807) is 4.90 Å². The van der Waals surface area contributed by atoms with E-state index in [2.05, 4.69) is 19.9 Å². The lowest BCUT2D eigenvalue weighted by atomic mass is 10.3. The molecular formula is C14H17N7O. The maximum atomic E-state index is 9.53. The fourth-order valence-corrected chi connectivity index (χ4v) is 2.26. The Morgan fingerprint density at radius 3 is 2.64 bits per heavy atom. The van der Waals surface area contributed by atoms with Gasteiger partial charge in [-0.2, -0.15) is 15.0 Å². The third kappa shape index (κ3) is 2.56. The molecule has 0 unspecified atom stereocenters. The number of hydrogen-bond donors (Lipinski definition) is 2. The highest BCUT2D eigenvalue weighted by molar-refractivity contribution is 5.75. The molecule has 3 rings (SSSR count). The first-order valence-corrected chi connectivity index (χ1v) is 6.81. The summed E-state index contributed by atoms with van der Waals surface area (Å²) in [5.74, 6) is 1.75. The first-order valence-electron chi connectivity index (χ1n) is 6.81. The van der Waals surface area contributed by atoms with E-state index in [0.29, 0.717) is 24.1 Å². The molecule has 0 saturated carbocycles. The molecule has 1 aromatic carbocycles. The Bertz CT molecular complexity index is 812. The van der Waals surface area contributed by atoms with E-state index in [4.69, 9.17) is 5.73 Å². The molecule has 8 nitrogen and oxygen atoms in total. The summed E-state index contributed by atoms with van der Waals surface area (Å²) >= 11 is 0. The molecule has 2 aromatic heterocycles. The molecule has 3 N–H and O–H groups in total. The Hall–Kier alpha value is -2.74. The lowest BCUT2D eigenvalue weighted by molar-refractivity contribution is 0.266. The molecule has 0 radical (unpaired) electrons. The summed E-state index contributed by atoms with van der Waals surface area (Å²) in [6.45, 7) is 0.208. The van der Waals surface area contributed by atoms with Crippen LogP contribution in [0.2, 0.25) is 0 Å². The molecule has 2 heterocycles. The fourth-order valence-electron chi connectivity index (χ4n) is 2.26. The minimum atomic E-state index is -0.157. The number of hydrogen-bond acceptors (Lipinski definition) is 7. The van der Waals surface area contributed by atoms with Crippen LogP contribution in [0.4, 0.5) is 11.9 Å². The van der Waals surface area contributed by atoms with Gasteiger partial charge in [0.15, 0.2) is 5.82 Å². The van der Waals surface area contributed by atoms with E-state index < -0.39 is 0 Å². The van der Waals surface area contributed by atoms with Crippen molar-refractivity contribution in [3.8, 4) is 0 Å². The summed E-state index contributed by atoms with van der Waals surface area (Å²) in [7, 11) is 3.68. The lowest BCUT2D eigenvalue weighted by Crippen LogP contribution is -2.17. The van der Waals surface area contributed by atoms with Crippen LogP contribution in [0.1, 0.15) is 11.6 Å². The van der Waals surface area contributed by atoms with Gasteiger partial charge in [-0.1, -0.05) is 12.1 Å². The number of rotatable bonds is 4. The average Bonchev–Trinajstić information content (AvgIpc) is 2.85. The number of aliphatic hydroxyl groups excluding tert-OH is 1. The Kier molecular flexibility index (Phi) is 3.60. The fraction of sp³-hybridized carbons (Fsp3) is 0.286. The summed E-state index contributed by atoms with van der Waals surface area (Å²) in [6, 6.07) is 7.68. The number of anilines is 2. The molecule has 8 heteroatoms. The van der Waals surface area contributed by atoms with Crippen molar-refractivity contribution in [1.29, 1.82) is 0 Å². The summed E-state index contributed by atoms with van der Waals surface area (Å²) in [5.41, 5.74) is 7.48. The van der Waals surface area contributed by atoms with Crippen LogP contribution in [0.5, 0.6) is 0 Å². The Labute approximate surface area is 127 Å². The first-order chi connectivity index (χ1) is 10.6. The van der Waals surface area contributed by atoms with Gasteiger partial charge < -0.3 is 20.3 Å². The Balaban J connectivity index is 2.06. The van der Waals surface area contributed by atoms with Crippen LogP contribution in [0, 0.1) is 0 Å². The van der Waals surface area contributed by atoms with Crippen molar-refractivity contribution in [3.63, 3.8) is 0 Å². The van der Waals surface area contributed by atoms with Crippen LogP contribution in [-0.2, 0) is 13.2 Å². The molecule has 3 aromatic rings. The second kappa shape index (κ2) is 5.57. The van der Waals surface area contributed by atoms with E-state index in [-0.39, 0.29) is 12.6 Å². The molecule has 0 spiro atoms. The van der Waals surface area contributed by atoms with Crippen LogP contribution in [0.3, 0.4) is 0 Å². The van der Waals surface area contributed by atoms with Crippen LogP contribution >= 0.6 is 0 Å². The monoisotopic (exact) mass is 299 g/mol. The molecule has 0 bridgehead atoms. The van der Waals surface area contributed by atoms with Gasteiger partial charge in [0, 0.05) is 14.1 Å². The molecule has 0 atom stereocenters. The predicted molar refractivity (Wildman–Crippen MR) is 83.3 cm³/mol. The first kappa shape index (κ1) is 14.2. The van der Waals surface area contributed by atoms with Crippen molar-refractivity contribution in [2.24, 2.45) is 0 Å². The van der Waals surface area contributed by atoms with Crippen LogP contribution in [0.25, 0.3) is 11.0 Å². The third-order valence-corrected chi connectivity index (χ3v) is 3.26. The normalized spacial score (nSPS) is 11.0. The number of nitrogens with two attached hydrogens (primary N) is 1. The van der Waals surface area contributed by atoms with E-state index in [9.17, 15) is 5.11 Å².